The molecular formula is C24H34B2N2O7S. The van der Waals surface area contributed by atoms with Crippen molar-refractivity contribution in [2.75, 3.05) is 27.3 Å². The van der Waals surface area contributed by atoms with Crippen molar-refractivity contribution in [1.82, 2.24) is 9.62 Å². The van der Waals surface area contributed by atoms with E-state index in [-0.39, 0.29) is 17.3 Å². The number of benzene rings is 2. The molecule has 2 aliphatic rings. The fraction of sp³-hybridized carbons (Fsp3) is 0.500. The molecule has 2 aromatic carbocycles. The Morgan fingerprint density at radius 3 is 2.03 bits per heavy atom. The molecule has 12 heteroatoms. The van der Waals surface area contributed by atoms with Gasteiger partial charge < -0.3 is 34.3 Å². The average molecular weight is 516 g/mol. The summed E-state index contributed by atoms with van der Waals surface area (Å²) >= 11 is 1.76. The minimum Gasteiger partial charge on any atom is -0.468 e. The third-order valence-electron chi connectivity index (χ3n) is 6.55. The quantitative estimate of drug-likeness (QED) is 0.384. The van der Waals surface area contributed by atoms with Crippen LogP contribution >= 0.6 is 11.8 Å². The van der Waals surface area contributed by atoms with Crippen LogP contribution in [0, 0.1) is 0 Å². The van der Waals surface area contributed by atoms with Gasteiger partial charge in [-0.3, -0.25) is 9.59 Å². The molecule has 0 spiro atoms. The van der Waals surface area contributed by atoms with Crippen molar-refractivity contribution in [3.8, 4) is 0 Å². The number of hydrogen-bond donors (Lipinski definition) is 3. The Kier molecular flexibility index (Phi) is 10.2. The van der Waals surface area contributed by atoms with E-state index < -0.39 is 32.2 Å². The number of aliphatic hydroxyl groups excluding tert-OH is 1. The number of ether oxygens (including phenoxy) is 2. The first-order valence-electron chi connectivity index (χ1n) is 12.0. The molecule has 4 rings (SSSR count). The largest absolute Gasteiger partial charge is 0.468 e. The molecule has 0 amide bonds. The smallest absolute Gasteiger partial charge is 0.377 e. The Labute approximate surface area is 217 Å². The second-order valence-corrected chi connectivity index (χ2v) is 10.5. The molecule has 0 unspecified atom stereocenters. The van der Waals surface area contributed by atoms with Crippen LogP contribution < -0.4 is 0 Å². The van der Waals surface area contributed by atoms with E-state index >= 15 is 0 Å². The topological polar surface area (TPSA) is 120 Å². The number of thioether (sulfide) groups is 1. The van der Waals surface area contributed by atoms with E-state index in [2.05, 4.69) is 35.1 Å². The molecule has 194 valence electrons. The third-order valence-corrected chi connectivity index (χ3v) is 7.75. The summed E-state index contributed by atoms with van der Waals surface area (Å²) in [6.45, 7) is 4.25. The number of nitrogens with zero attached hydrogens (tertiary/aromatic N) is 2. The van der Waals surface area contributed by atoms with Gasteiger partial charge >= 0.3 is 26.0 Å². The molecule has 9 nitrogen and oxygen atoms in total. The van der Waals surface area contributed by atoms with Gasteiger partial charge in [0.2, 0.25) is 0 Å². The molecule has 0 radical (unpaired) electrons. The zero-order chi connectivity index (χ0) is 26.4. The first-order valence-corrected chi connectivity index (χ1v) is 12.9. The van der Waals surface area contributed by atoms with Gasteiger partial charge in [0.05, 0.1) is 20.3 Å². The highest BCUT2D eigenvalue weighted by Crippen LogP contribution is 2.35. The van der Waals surface area contributed by atoms with Crippen molar-refractivity contribution in [2.24, 2.45) is 0 Å². The third kappa shape index (κ3) is 7.02. The number of carbonyl (C=O) groups excluding carboxylic acids is 2. The Bertz CT molecular complexity index is 1040. The summed E-state index contributed by atoms with van der Waals surface area (Å²) in [6, 6.07) is 13.8. The van der Waals surface area contributed by atoms with Gasteiger partial charge in [-0.2, -0.15) is 0 Å². The van der Waals surface area contributed by atoms with Crippen LogP contribution in [0.15, 0.2) is 47.4 Å². The number of fused-ring (bicyclic) bond motifs is 1. The van der Waals surface area contributed by atoms with Crippen LogP contribution in [0.5, 0.6) is 0 Å². The van der Waals surface area contributed by atoms with Gasteiger partial charge in [-0.05, 0) is 49.4 Å². The molecule has 2 aliphatic heterocycles. The summed E-state index contributed by atoms with van der Waals surface area (Å²) in [7, 11) is 1.31. The molecule has 0 aliphatic carbocycles. The lowest BCUT2D eigenvalue weighted by Gasteiger charge is -2.22. The molecule has 2 heterocycles. The standard InChI is InChI=1S/C17H20BNO3S.C7H14BNO4/c1-18(21)19-11-15(10-16(19)17(20)22-2)23-14-8-7-12-5-3-4-6-13(12)9-14;1-8(12)9-4-5(10)3-6(9)7(11)13-2/h3-9,15-16,21H,10-11H2,1-2H3;5-6,10,12H,3-4H2,1-2H3/t15-,16+;5-,6-/m10/s1. The summed E-state index contributed by atoms with van der Waals surface area (Å²) in [6.07, 6.45) is 0.464. The lowest BCUT2D eigenvalue weighted by Crippen LogP contribution is -2.45. The lowest BCUT2D eigenvalue weighted by molar-refractivity contribution is -0.145. The van der Waals surface area contributed by atoms with Crippen LogP contribution in [-0.2, 0) is 19.1 Å². The molecule has 3 N–H and O–H groups in total. The second kappa shape index (κ2) is 12.9. The van der Waals surface area contributed by atoms with Crippen LogP contribution in [0.1, 0.15) is 12.8 Å². The summed E-state index contributed by atoms with van der Waals surface area (Å²) in [5.41, 5.74) is 0. The molecule has 0 aromatic heterocycles. The summed E-state index contributed by atoms with van der Waals surface area (Å²) in [5.74, 6) is -0.676. The number of β-amino-alcohol motifs (C(OH)–C–C–N with tert-alkyl or cyclic N) is 1. The highest BCUT2D eigenvalue weighted by molar-refractivity contribution is 8.00. The lowest BCUT2D eigenvalue weighted by atomic mass is 9.84. The summed E-state index contributed by atoms with van der Waals surface area (Å²) < 4.78 is 9.43. The van der Waals surface area contributed by atoms with E-state index in [0.29, 0.717) is 25.9 Å². The molecule has 2 fully saturated rings. The van der Waals surface area contributed by atoms with Crippen molar-refractivity contribution in [3.05, 3.63) is 42.5 Å². The van der Waals surface area contributed by atoms with Crippen molar-refractivity contribution >= 4 is 48.6 Å². The van der Waals surface area contributed by atoms with Gasteiger partial charge in [0.1, 0.15) is 12.1 Å². The van der Waals surface area contributed by atoms with Crippen molar-refractivity contribution < 1.29 is 34.2 Å². The maximum absolute atomic E-state index is 11.9. The van der Waals surface area contributed by atoms with Crippen molar-refractivity contribution in [2.45, 2.75) is 54.8 Å². The van der Waals surface area contributed by atoms with E-state index in [1.54, 1.807) is 25.4 Å². The molecule has 4 atom stereocenters. The minimum absolute atomic E-state index is 0.259. The van der Waals surface area contributed by atoms with E-state index in [9.17, 15) is 24.7 Å². The van der Waals surface area contributed by atoms with Crippen LogP contribution in [0.25, 0.3) is 10.8 Å². The van der Waals surface area contributed by atoms with E-state index in [4.69, 9.17) is 4.74 Å². The second-order valence-electron chi connectivity index (χ2n) is 9.11. The minimum atomic E-state index is -0.735. The number of carbonyl (C=O) groups is 2. The van der Waals surface area contributed by atoms with E-state index in [0.717, 1.165) is 0 Å². The predicted molar refractivity (Wildman–Crippen MR) is 142 cm³/mol. The highest BCUT2D eigenvalue weighted by atomic mass is 32.2. The van der Waals surface area contributed by atoms with Crippen LogP contribution in [0.4, 0.5) is 0 Å². The zero-order valence-electron chi connectivity index (χ0n) is 21.1. The number of esters is 2. The Morgan fingerprint density at radius 1 is 0.889 bits per heavy atom. The highest BCUT2D eigenvalue weighted by Gasteiger charge is 2.41. The average Bonchev–Trinajstić information content (AvgIpc) is 3.47. The molecule has 2 saturated heterocycles. The number of methoxy groups -OCH3 is 2. The van der Waals surface area contributed by atoms with Gasteiger partial charge in [0.15, 0.2) is 0 Å². The molecule has 36 heavy (non-hydrogen) atoms. The van der Waals surface area contributed by atoms with Gasteiger partial charge in [-0.1, -0.05) is 30.3 Å². The SMILES string of the molecule is COC(=O)[C@@H]1C[C@@H](Sc2ccc3ccccc3c2)CN1B(C)O.COC(=O)[C@@H]1C[C@H](O)CN1B(C)O. The normalized spacial score (nSPS) is 24.2. The fourth-order valence-corrected chi connectivity index (χ4v) is 5.99. The molecular weight excluding hydrogens is 482 g/mol. The Hall–Kier alpha value is -2.08. The van der Waals surface area contributed by atoms with E-state index in [1.165, 1.54) is 34.7 Å². The van der Waals surface area contributed by atoms with Crippen molar-refractivity contribution in [3.63, 3.8) is 0 Å². The van der Waals surface area contributed by atoms with Crippen LogP contribution in [0.2, 0.25) is 13.6 Å². The Morgan fingerprint density at radius 2 is 1.44 bits per heavy atom. The molecule has 0 saturated carbocycles. The molecule has 2 aromatic rings. The zero-order valence-corrected chi connectivity index (χ0v) is 21.9. The maximum Gasteiger partial charge on any atom is 0.377 e. The first kappa shape index (κ1) is 28.5. The monoisotopic (exact) mass is 516 g/mol. The van der Waals surface area contributed by atoms with Crippen molar-refractivity contribution in [1.29, 1.82) is 0 Å². The van der Waals surface area contributed by atoms with Crippen LogP contribution in [0.3, 0.4) is 0 Å². The van der Waals surface area contributed by atoms with E-state index in [1.807, 2.05) is 16.9 Å². The summed E-state index contributed by atoms with van der Waals surface area (Å²) in [5, 5.41) is 31.2. The van der Waals surface area contributed by atoms with Gasteiger partial charge in [0, 0.05) is 23.2 Å². The maximum atomic E-state index is 11.9. The number of rotatable bonds is 6. The number of hydrogen-bond acceptors (Lipinski definition) is 10. The summed E-state index contributed by atoms with van der Waals surface area (Å²) in [4.78, 5) is 27.6. The van der Waals surface area contributed by atoms with Crippen LogP contribution in [-0.4, -0.2) is 102 Å². The van der Waals surface area contributed by atoms with Gasteiger partial charge in [0.25, 0.3) is 0 Å². The van der Waals surface area contributed by atoms with Gasteiger partial charge in [-0.25, -0.2) is 0 Å². The molecule has 0 bridgehead atoms. The first-order chi connectivity index (χ1) is 17.1. The number of aliphatic hydroxyl groups is 1. The predicted octanol–water partition coefficient (Wildman–Crippen LogP) is 1.36. The van der Waals surface area contributed by atoms with Gasteiger partial charge in [-0.15, -0.1) is 11.8 Å². The Balaban J connectivity index is 0.000000236. The fourth-order valence-electron chi connectivity index (χ4n) is 4.74.